The number of amides is 2. The summed E-state index contributed by atoms with van der Waals surface area (Å²) in [4.78, 5) is 42.5. The van der Waals surface area contributed by atoms with Crippen molar-refractivity contribution >= 4 is 40.3 Å². The number of hydrogen-bond donors (Lipinski definition) is 2. The Hall–Kier alpha value is -3.42. The lowest BCUT2D eigenvalue weighted by molar-refractivity contribution is -0.130. The van der Waals surface area contributed by atoms with Crippen LogP contribution in [-0.2, 0) is 14.4 Å². The van der Waals surface area contributed by atoms with E-state index in [1.54, 1.807) is 6.07 Å². The maximum Gasteiger partial charge on any atom is 0.277 e. The molecule has 216 valence electrons. The molecule has 8 nitrogen and oxygen atoms in total. The molecule has 1 aromatic rings. The van der Waals surface area contributed by atoms with Crippen LogP contribution >= 0.6 is 0 Å². The summed E-state index contributed by atoms with van der Waals surface area (Å²) in [5.41, 5.74) is 1.51. The molecule has 2 N–H and O–H groups in total. The van der Waals surface area contributed by atoms with Crippen LogP contribution in [0.3, 0.4) is 0 Å². The molecule has 0 spiro atoms. The van der Waals surface area contributed by atoms with Crippen molar-refractivity contribution in [3.63, 3.8) is 0 Å². The van der Waals surface area contributed by atoms with Crippen LogP contribution in [-0.4, -0.2) is 52.1 Å². The number of allylic oxidation sites excluding steroid dienone is 2. The fraction of sp³-hybridized carbons (Fsp3) is 0.562. The van der Waals surface area contributed by atoms with Gasteiger partial charge in [-0.3, -0.25) is 14.4 Å². The van der Waals surface area contributed by atoms with Gasteiger partial charge in [-0.1, -0.05) is 46.5 Å². The van der Waals surface area contributed by atoms with Crippen LogP contribution in [0.15, 0.2) is 40.2 Å². The molecule has 40 heavy (non-hydrogen) atoms. The number of nitrogens with one attached hydrogen (secondary N) is 1. The predicted octanol–water partition coefficient (Wildman–Crippen LogP) is 6.24. The second kappa shape index (κ2) is 10.9. The third-order valence-corrected chi connectivity index (χ3v) is 8.02. The summed E-state index contributed by atoms with van der Waals surface area (Å²) in [5, 5.41) is 20.5. The largest absolute Gasteiger partial charge is 0.506 e. The zero-order chi connectivity index (χ0) is 29.6. The predicted molar refractivity (Wildman–Crippen MR) is 160 cm³/mol. The van der Waals surface area contributed by atoms with Gasteiger partial charge in [0.25, 0.3) is 5.91 Å². The lowest BCUT2D eigenvalue weighted by atomic mass is 9.78. The summed E-state index contributed by atoms with van der Waals surface area (Å²) in [7, 11) is 0. The highest BCUT2D eigenvalue weighted by Gasteiger charge is 2.46. The molecule has 1 aromatic carbocycles. The van der Waals surface area contributed by atoms with Crippen LogP contribution in [0.2, 0.25) is 0 Å². The third kappa shape index (κ3) is 5.45. The molecule has 0 saturated heterocycles. The summed E-state index contributed by atoms with van der Waals surface area (Å²) in [6.45, 7) is 16.8. The molecule has 0 unspecified atom stereocenters. The molecular weight excluding hydrogens is 504 g/mol. The van der Waals surface area contributed by atoms with E-state index < -0.39 is 16.7 Å². The normalized spacial score (nSPS) is 20.3. The van der Waals surface area contributed by atoms with E-state index in [1.165, 1.54) is 5.01 Å². The van der Waals surface area contributed by atoms with Crippen molar-refractivity contribution in [2.45, 2.75) is 93.0 Å². The van der Waals surface area contributed by atoms with Gasteiger partial charge in [-0.2, -0.15) is 5.10 Å². The SMILES string of the molecule is CCN(CC)c1ccc(C2=C(O)/C(=C3/C(=O)N(C(C)(C)C)N=C3CC3CCCC3)C2=O)c(NC(=O)C(C)(C)C)c1. The summed E-state index contributed by atoms with van der Waals surface area (Å²) in [6.07, 6.45) is 5.06. The Morgan fingerprint density at radius 2 is 1.65 bits per heavy atom. The number of Topliss-reactive ketones (excluding diaryl/α,β-unsaturated/α-hetero) is 1. The molecule has 2 amide bonds. The Balaban J connectivity index is 1.82. The molecule has 0 bridgehead atoms. The van der Waals surface area contributed by atoms with E-state index >= 15 is 0 Å². The first kappa shape index (κ1) is 29.6. The number of carbonyl (C=O) groups excluding carboxylic acids is 3. The smallest absolute Gasteiger partial charge is 0.277 e. The number of hydrogen-bond acceptors (Lipinski definition) is 6. The van der Waals surface area contributed by atoms with E-state index in [-0.39, 0.29) is 34.3 Å². The van der Waals surface area contributed by atoms with Gasteiger partial charge in [-0.25, -0.2) is 5.01 Å². The molecule has 0 aromatic heterocycles. The Kier molecular flexibility index (Phi) is 8.03. The Bertz CT molecular complexity index is 1310. The number of carbonyl (C=O) groups is 3. The van der Waals surface area contributed by atoms with Crippen molar-refractivity contribution in [1.82, 2.24) is 5.01 Å². The van der Waals surface area contributed by atoms with Crippen molar-refractivity contribution < 1.29 is 19.5 Å². The topological polar surface area (TPSA) is 102 Å². The minimum absolute atomic E-state index is 0.0319. The number of rotatable bonds is 7. The van der Waals surface area contributed by atoms with Gasteiger partial charge in [-0.15, -0.1) is 0 Å². The maximum atomic E-state index is 13.8. The van der Waals surface area contributed by atoms with Crippen LogP contribution in [0.5, 0.6) is 0 Å². The molecule has 0 atom stereocenters. The van der Waals surface area contributed by atoms with Gasteiger partial charge in [0.15, 0.2) is 0 Å². The molecule has 0 radical (unpaired) electrons. The minimum atomic E-state index is -0.659. The fourth-order valence-electron chi connectivity index (χ4n) is 5.62. The fourth-order valence-corrected chi connectivity index (χ4v) is 5.62. The van der Waals surface area contributed by atoms with Crippen molar-refractivity contribution in [1.29, 1.82) is 0 Å². The van der Waals surface area contributed by atoms with Gasteiger partial charge in [0, 0.05) is 29.8 Å². The quantitative estimate of drug-likeness (QED) is 0.393. The number of ketones is 1. The number of nitrogens with zero attached hydrogens (tertiary/aromatic N) is 3. The van der Waals surface area contributed by atoms with Crippen LogP contribution in [0.1, 0.15) is 93.1 Å². The molecular formula is C32H44N4O4. The van der Waals surface area contributed by atoms with Crippen LogP contribution in [0.4, 0.5) is 11.4 Å². The van der Waals surface area contributed by atoms with Crippen LogP contribution < -0.4 is 10.2 Å². The van der Waals surface area contributed by atoms with Gasteiger partial charge in [0.1, 0.15) is 5.76 Å². The monoisotopic (exact) mass is 548 g/mol. The number of hydrazone groups is 1. The van der Waals surface area contributed by atoms with Crippen molar-refractivity contribution in [2.24, 2.45) is 16.4 Å². The summed E-state index contributed by atoms with van der Waals surface area (Å²) < 4.78 is 0. The average molecular weight is 549 g/mol. The Morgan fingerprint density at radius 3 is 2.17 bits per heavy atom. The maximum absolute atomic E-state index is 13.8. The highest BCUT2D eigenvalue weighted by atomic mass is 16.3. The third-order valence-electron chi connectivity index (χ3n) is 8.02. The standard InChI is InChI=1S/C32H44N4O4/c1-9-35(10-2)20-15-16-21(22(18-20)33-30(40)31(3,4)5)24-27(37)26(28(24)38)25-23(17-19-13-11-12-14-19)34-36(29(25)39)32(6,7)8/h15-16,18-19,37H,9-14,17H2,1-8H3,(H,33,40)/b26-25-. The van der Waals surface area contributed by atoms with Gasteiger partial charge in [0.05, 0.1) is 33.7 Å². The van der Waals surface area contributed by atoms with E-state index in [1.807, 2.05) is 53.7 Å². The lowest BCUT2D eigenvalue weighted by Gasteiger charge is -2.29. The lowest BCUT2D eigenvalue weighted by Crippen LogP contribution is -2.40. The molecule has 1 heterocycles. The molecule has 1 saturated carbocycles. The first-order valence-corrected chi connectivity index (χ1v) is 14.5. The molecule has 1 fully saturated rings. The van der Waals surface area contributed by atoms with Crippen LogP contribution in [0.25, 0.3) is 5.57 Å². The van der Waals surface area contributed by atoms with E-state index in [4.69, 9.17) is 0 Å². The minimum Gasteiger partial charge on any atom is -0.506 e. The Morgan fingerprint density at radius 1 is 1.02 bits per heavy atom. The highest BCUT2D eigenvalue weighted by molar-refractivity contribution is 6.44. The van der Waals surface area contributed by atoms with E-state index in [9.17, 15) is 19.5 Å². The van der Waals surface area contributed by atoms with E-state index in [0.717, 1.165) is 44.5 Å². The number of benzene rings is 1. The summed E-state index contributed by atoms with van der Waals surface area (Å²) in [6, 6.07) is 5.50. The molecule has 2 aliphatic carbocycles. The van der Waals surface area contributed by atoms with Gasteiger partial charge in [-0.05, 0) is 65.2 Å². The molecule has 3 aliphatic rings. The first-order chi connectivity index (χ1) is 18.7. The summed E-state index contributed by atoms with van der Waals surface area (Å²) >= 11 is 0. The van der Waals surface area contributed by atoms with Gasteiger partial charge in [0.2, 0.25) is 11.7 Å². The van der Waals surface area contributed by atoms with E-state index in [2.05, 4.69) is 29.2 Å². The Labute approximate surface area is 238 Å². The zero-order valence-corrected chi connectivity index (χ0v) is 25.3. The second-order valence-corrected chi connectivity index (χ2v) is 13.1. The van der Waals surface area contributed by atoms with Crippen LogP contribution in [0, 0.1) is 11.3 Å². The van der Waals surface area contributed by atoms with Crippen molar-refractivity contribution in [3.8, 4) is 0 Å². The van der Waals surface area contributed by atoms with Gasteiger partial charge < -0.3 is 15.3 Å². The average Bonchev–Trinajstić information content (AvgIpc) is 3.49. The van der Waals surface area contributed by atoms with E-state index in [0.29, 0.717) is 29.3 Å². The van der Waals surface area contributed by atoms with Gasteiger partial charge >= 0.3 is 0 Å². The van der Waals surface area contributed by atoms with Crippen molar-refractivity contribution in [3.05, 3.63) is 40.7 Å². The number of anilines is 2. The molecule has 4 rings (SSSR count). The molecule has 1 aliphatic heterocycles. The second-order valence-electron chi connectivity index (χ2n) is 13.1. The highest BCUT2D eigenvalue weighted by Crippen LogP contribution is 2.44. The number of aliphatic hydroxyl groups excluding tert-OH is 1. The zero-order valence-electron chi connectivity index (χ0n) is 25.3. The number of aliphatic hydroxyl groups is 1. The van der Waals surface area contributed by atoms with Crippen molar-refractivity contribution in [2.75, 3.05) is 23.3 Å². The summed E-state index contributed by atoms with van der Waals surface area (Å²) in [5.74, 6) is -0.765. The first-order valence-electron chi connectivity index (χ1n) is 14.5. The molecule has 8 heteroatoms.